The quantitative estimate of drug-likeness (QED) is 0.352. The lowest BCUT2D eigenvalue weighted by Gasteiger charge is -2.15. The summed E-state index contributed by atoms with van der Waals surface area (Å²) in [6.07, 6.45) is 2.25. The van der Waals surface area contributed by atoms with Crippen LogP contribution in [-0.4, -0.2) is 37.3 Å². The zero-order valence-corrected chi connectivity index (χ0v) is 21.2. The number of amides is 1. The van der Waals surface area contributed by atoms with Crippen molar-refractivity contribution in [1.29, 1.82) is 0 Å². The molecule has 1 amide bonds. The topological polar surface area (TPSA) is 105 Å². The molecular weight excluding hydrogens is 488 g/mol. The van der Waals surface area contributed by atoms with E-state index in [1.165, 1.54) is 20.4 Å². The predicted molar refractivity (Wildman–Crippen MR) is 142 cm³/mol. The van der Waals surface area contributed by atoms with Gasteiger partial charge in [0.2, 0.25) is 18.1 Å². The van der Waals surface area contributed by atoms with Crippen LogP contribution in [0, 0.1) is 0 Å². The molecule has 1 N–H and O–H groups in total. The van der Waals surface area contributed by atoms with Crippen LogP contribution in [0.1, 0.15) is 28.4 Å². The Morgan fingerprint density at radius 2 is 1.71 bits per heavy atom. The summed E-state index contributed by atoms with van der Waals surface area (Å²) in [4.78, 5) is 40.1. The molecule has 0 radical (unpaired) electrons. The van der Waals surface area contributed by atoms with E-state index in [0.29, 0.717) is 39.8 Å². The van der Waals surface area contributed by atoms with Gasteiger partial charge >= 0.3 is 0 Å². The average molecular weight is 515 g/mol. The number of ether oxygens (including phenoxy) is 4. The summed E-state index contributed by atoms with van der Waals surface area (Å²) < 4.78 is 23.1. The Balaban J connectivity index is 1.57. The summed E-state index contributed by atoms with van der Waals surface area (Å²) >= 11 is 0. The highest BCUT2D eigenvalue weighted by Gasteiger charge is 2.23. The molecule has 0 spiro atoms. The van der Waals surface area contributed by atoms with Crippen molar-refractivity contribution in [3.8, 4) is 23.0 Å². The smallest absolute Gasteiger partial charge is 0.244 e. The van der Waals surface area contributed by atoms with E-state index >= 15 is 0 Å². The van der Waals surface area contributed by atoms with Gasteiger partial charge in [-0.2, -0.15) is 0 Å². The number of hydrogen-bond donors (Lipinski definition) is 1. The van der Waals surface area contributed by atoms with Crippen LogP contribution < -0.4 is 29.7 Å². The SMILES string of the molecule is CCc1ccc(C(=O)c2cn(CC(=O)Nc3cc(OC)ccc3OC)c3cc4c(cc3c2=O)OCO4)cc1. The molecule has 4 aromatic rings. The number of aromatic nitrogens is 1. The van der Waals surface area contributed by atoms with Gasteiger partial charge in [-0.3, -0.25) is 14.4 Å². The molecule has 194 valence electrons. The van der Waals surface area contributed by atoms with Crippen LogP contribution in [0.15, 0.2) is 65.6 Å². The molecule has 0 saturated heterocycles. The standard InChI is InChI=1S/C29H26N2O7/c1-4-17-5-7-18(8-6-17)28(33)21-14-31(23-13-26-25(37-16-38-26)12-20(23)29(21)34)15-27(32)30-22-11-19(35-2)9-10-24(22)36-3/h5-14H,4,15-16H2,1-3H3,(H,30,32). The number of aryl methyl sites for hydroxylation is 1. The average Bonchev–Trinajstić information content (AvgIpc) is 3.41. The second-order valence-electron chi connectivity index (χ2n) is 8.72. The number of pyridine rings is 1. The highest BCUT2D eigenvalue weighted by molar-refractivity contribution is 6.10. The van der Waals surface area contributed by atoms with E-state index in [9.17, 15) is 14.4 Å². The fourth-order valence-corrected chi connectivity index (χ4v) is 4.38. The van der Waals surface area contributed by atoms with Crippen LogP contribution in [0.5, 0.6) is 23.0 Å². The van der Waals surface area contributed by atoms with Gasteiger partial charge in [0.15, 0.2) is 17.3 Å². The van der Waals surface area contributed by atoms with Crippen molar-refractivity contribution in [2.24, 2.45) is 0 Å². The summed E-state index contributed by atoms with van der Waals surface area (Å²) in [5.74, 6) is 1.03. The van der Waals surface area contributed by atoms with E-state index in [4.69, 9.17) is 18.9 Å². The van der Waals surface area contributed by atoms with Gasteiger partial charge in [-0.05, 0) is 30.2 Å². The van der Waals surface area contributed by atoms with Crippen LogP contribution in [0.4, 0.5) is 5.69 Å². The Bertz CT molecular complexity index is 1610. The van der Waals surface area contributed by atoms with Crippen LogP contribution in [0.3, 0.4) is 0 Å². The third-order valence-electron chi connectivity index (χ3n) is 6.44. The number of benzene rings is 3. The first-order valence-electron chi connectivity index (χ1n) is 12.0. The van der Waals surface area contributed by atoms with Crippen LogP contribution in [0.25, 0.3) is 10.9 Å². The number of fused-ring (bicyclic) bond motifs is 2. The molecule has 0 aliphatic carbocycles. The highest BCUT2D eigenvalue weighted by Crippen LogP contribution is 2.35. The fourth-order valence-electron chi connectivity index (χ4n) is 4.38. The molecule has 0 unspecified atom stereocenters. The van der Waals surface area contributed by atoms with Gasteiger partial charge in [-0.15, -0.1) is 0 Å². The Labute approximate surface area is 218 Å². The minimum atomic E-state index is -0.450. The maximum Gasteiger partial charge on any atom is 0.244 e. The number of carbonyl (C=O) groups excluding carboxylic acids is 2. The largest absolute Gasteiger partial charge is 0.497 e. The number of carbonyl (C=O) groups is 2. The second kappa shape index (κ2) is 10.3. The Kier molecular flexibility index (Phi) is 6.74. The molecule has 5 rings (SSSR count). The van der Waals surface area contributed by atoms with Crippen LogP contribution in [-0.2, 0) is 17.8 Å². The summed E-state index contributed by atoms with van der Waals surface area (Å²) in [5.41, 5.74) is 1.82. The summed E-state index contributed by atoms with van der Waals surface area (Å²) in [5, 5.41) is 3.07. The Hall–Kier alpha value is -4.79. The van der Waals surface area contributed by atoms with E-state index in [1.54, 1.807) is 47.0 Å². The molecule has 0 bridgehead atoms. The monoisotopic (exact) mass is 514 g/mol. The van der Waals surface area contributed by atoms with Crippen molar-refractivity contribution in [3.05, 3.63) is 87.7 Å². The van der Waals surface area contributed by atoms with Gasteiger partial charge in [-0.1, -0.05) is 31.2 Å². The van der Waals surface area contributed by atoms with E-state index in [2.05, 4.69) is 5.32 Å². The minimum Gasteiger partial charge on any atom is -0.497 e. The van der Waals surface area contributed by atoms with Crippen molar-refractivity contribution < 1.29 is 28.5 Å². The number of nitrogens with one attached hydrogen (secondary N) is 1. The Morgan fingerprint density at radius 3 is 2.39 bits per heavy atom. The summed E-state index contributed by atoms with van der Waals surface area (Å²) in [6, 6.07) is 15.4. The molecule has 38 heavy (non-hydrogen) atoms. The van der Waals surface area contributed by atoms with Gasteiger partial charge in [0.1, 0.15) is 18.0 Å². The lowest BCUT2D eigenvalue weighted by Crippen LogP contribution is -2.24. The lowest BCUT2D eigenvalue weighted by atomic mass is 10.0. The predicted octanol–water partition coefficient (Wildman–Crippen LogP) is 4.18. The van der Waals surface area contributed by atoms with E-state index in [0.717, 1.165) is 12.0 Å². The lowest BCUT2D eigenvalue weighted by molar-refractivity contribution is -0.116. The molecule has 1 aliphatic rings. The van der Waals surface area contributed by atoms with Gasteiger partial charge in [0.25, 0.3) is 0 Å². The number of ketones is 1. The zero-order chi connectivity index (χ0) is 26.8. The molecule has 9 nitrogen and oxygen atoms in total. The van der Waals surface area contributed by atoms with E-state index in [-0.39, 0.29) is 24.3 Å². The fraction of sp³-hybridized carbons (Fsp3) is 0.207. The number of rotatable bonds is 8. The molecule has 1 aliphatic heterocycles. The van der Waals surface area contributed by atoms with Crippen LogP contribution in [0.2, 0.25) is 0 Å². The summed E-state index contributed by atoms with van der Waals surface area (Å²) in [7, 11) is 3.03. The molecule has 1 aromatic heterocycles. The van der Waals surface area contributed by atoms with Crippen molar-refractivity contribution in [2.45, 2.75) is 19.9 Å². The maximum absolute atomic E-state index is 13.5. The molecule has 2 heterocycles. The molecule has 3 aromatic carbocycles. The van der Waals surface area contributed by atoms with Crippen molar-refractivity contribution in [2.75, 3.05) is 26.3 Å². The molecule has 0 saturated carbocycles. The summed E-state index contributed by atoms with van der Waals surface area (Å²) in [6.45, 7) is 1.85. The number of nitrogens with zero attached hydrogens (tertiary/aromatic N) is 1. The van der Waals surface area contributed by atoms with Gasteiger partial charge < -0.3 is 28.8 Å². The molecule has 9 heteroatoms. The normalized spacial score (nSPS) is 11.9. The first-order valence-corrected chi connectivity index (χ1v) is 12.0. The van der Waals surface area contributed by atoms with E-state index in [1.807, 2.05) is 19.1 Å². The van der Waals surface area contributed by atoms with Gasteiger partial charge in [0, 0.05) is 23.9 Å². The molecule has 0 fully saturated rings. The third kappa shape index (κ3) is 4.66. The first-order chi connectivity index (χ1) is 18.4. The minimum absolute atomic E-state index is 0.0194. The highest BCUT2D eigenvalue weighted by atomic mass is 16.7. The zero-order valence-electron chi connectivity index (χ0n) is 21.2. The number of anilines is 1. The maximum atomic E-state index is 13.5. The Morgan fingerprint density at radius 1 is 0.974 bits per heavy atom. The van der Waals surface area contributed by atoms with Crippen molar-refractivity contribution in [3.63, 3.8) is 0 Å². The molecule has 0 atom stereocenters. The van der Waals surface area contributed by atoms with Crippen molar-refractivity contribution >= 4 is 28.3 Å². The van der Waals surface area contributed by atoms with Crippen LogP contribution >= 0.6 is 0 Å². The number of hydrogen-bond acceptors (Lipinski definition) is 7. The van der Waals surface area contributed by atoms with Crippen molar-refractivity contribution in [1.82, 2.24) is 4.57 Å². The number of methoxy groups -OCH3 is 2. The second-order valence-corrected chi connectivity index (χ2v) is 8.72. The van der Waals surface area contributed by atoms with Gasteiger partial charge in [-0.25, -0.2) is 0 Å². The third-order valence-corrected chi connectivity index (χ3v) is 6.44. The van der Waals surface area contributed by atoms with E-state index < -0.39 is 17.1 Å². The van der Waals surface area contributed by atoms with Gasteiger partial charge in [0.05, 0.1) is 36.4 Å². The first kappa shape index (κ1) is 24.9. The molecular formula is C29H26N2O7.